The Hall–Kier alpha value is 0.440. The fourth-order valence-electron chi connectivity index (χ4n) is 2.93. The molecule has 0 heterocycles. The molecule has 0 aromatic carbocycles. The molecule has 0 bridgehead atoms. The lowest BCUT2D eigenvalue weighted by atomic mass is 9.92. The first-order chi connectivity index (χ1) is 7.33. The van der Waals surface area contributed by atoms with Crippen molar-refractivity contribution in [2.45, 2.75) is 70.9 Å². The molecule has 1 aliphatic rings. The third-order valence-corrected chi connectivity index (χ3v) is 4.15. The zero-order valence-corrected chi connectivity index (χ0v) is 11.9. The first-order valence-electron chi connectivity index (χ1n) is 6.65. The second-order valence-electron chi connectivity index (χ2n) is 4.69. The maximum atomic E-state index is 3.60. The topological polar surface area (TPSA) is 3.24 Å². The van der Waals surface area contributed by atoms with Gasteiger partial charge in [-0.25, -0.2) is 0 Å². The Morgan fingerprint density at radius 1 is 1.13 bits per heavy atom. The summed E-state index contributed by atoms with van der Waals surface area (Å²) < 4.78 is 0. The molecular formula is C13H26BrN. The van der Waals surface area contributed by atoms with Gasteiger partial charge in [0.05, 0.1) is 0 Å². The predicted octanol–water partition coefficient (Wildman–Crippen LogP) is 4.20. The van der Waals surface area contributed by atoms with E-state index in [9.17, 15) is 0 Å². The van der Waals surface area contributed by atoms with Crippen LogP contribution in [0, 0.1) is 0 Å². The fraction of sp³-hybridized carbons (Fsp3) is 1.00. The monoisotopic (exact) mass is 275 g/mol. The Kier molecular flexibility index (Phi) is 6.91. The van der Waals surface area contributed by atoms with E-state index in [0.29, 0.717) is 0 Å². The highest BCUT2D eigenvalue weighted by molar-refractivity contribution is 9.09. The van der Waals surface area contributed by atoms with Crippen LogP contribution in [0.5, 0.6) is 0 Å². The molecule has 90 valence electrons. The Labute approximate surface area is 104 Å². The zero-order chi connectivity index (χ0) is 11.1. The van der Waals surface area contributed by atoms with Crippen molar-refractivity contribution in [3.05, 3.63) is 0 Å². The normalized spacial score (nSPS) is 19.0. The number of hydrogen-bond donors (Lipinski definition) is 0. The molecule has 0 saturated heterocycles. The summed E-state index contributed by atoms with van der Waals surface area (Å²) in [5, 5.41) is 1.12. The van der Waals surface area contributed by atoms with E-state index in [-0.39, 0.29) is 0 Å². The maximum absolute atomic E-state index is 3.60. The van der Waals surface area contributed by atoms with Crippen molar-refractivity contribution in [3.63, 3.8) is 0 Å². The van der Waals surface area contributed by atoms with E-state index in [1.165, 1.54) is 51.5 Å². The summed E-state index contributed by atoms with van der Waals surface area (Å²) in [7, 11) is 0. The Morgan fingerprint density at radius 2 is 1.73 bits per heavy atom. The van der Waals surface area contributed by atoms with Crippen molar-refractivity contribution in [1.29, 1.82) is 0 Å². The molecule has 1 nitrogen and oxygen atoms in total. The van der Waals surface area contributed by atoms with Crippen molar-refractivity contribution in [3.8, 4) is 0 Å². The average molecular weight is 276 g/mol. The third kappa shape index (κ3) is 4.07. The van der Waals surface area contributed by atoms with Gasteiger partial charge in [-0.15, -0.1) is 0 Å². The number of halogens is 1. The predicted molar refractivity (Wildman–Crippen MR) is 71.7 cm³/mol. The van der Waals surface area contributed by atoms with Crippen molar-refractivity contribution in [2.24, 2.45) is 0 Å². The summed E-state index contributed by atoms with van der Waals surface area (Å²) in [5.74, 6) is 0. The molecular weight excluding hydrogens is 250 g/mol. The lowest BCUT2D eigenvalue weighted by molar-refractivity contribution is 0.106. The maximum Gasteiger partial charge on any atom is 0.0159 e. The van der Waals surface area contributed by atoms with E-state index in [1.54, 1.807) is 0 Å². The van der Waals surface area contributed by atoms with Gasteiger partial charge < -0.3 is 0 Å². The molecule has 0 aliphatic heterocycles. The summed E-state index contributed by atoms with van der Waals surface area (Å²) in [4.78, 5) is 2.77. The van der Waals surface area contributed by atoms with Crippen LogP contribution in [0.4, 0.5) is 0 Å². The standard InChI is InChI=1S/C13H26BrN/c1-3-12(4-2)15(11-10-14)13-8-6-5-7-9-13/h12-13H,3-11H2,1-2H3. The molecule has 0 radical (unpaired) electrons. The lowest BCUT2D eigenvalue weighted by Gasteiger charge is -2.39. The van der Waals surface area contributed by atoms with Crippen LogP contribution in [-0.2, 0) is 0 Å². The van der Waals surface area contributed by atoms with Crippen LogP contribution in [-0.4, -0.2) is 28.9 Å². The molecule has 1 aliphatic carbocycles. The van der Waals surface area contributed by atoms with Crippen molar-refractivity contribution in [1.82, 2.24) is 4.90 Å². The van der Waals surface area contributed by atoms with Crippen molar-refractivity contribution in [2.75, 3.05) is 11.9 Å². The van der Waals surface area contributed by atoms with Gasteiger partial charge in [-0.2, -0.15) is 0 Å². The van der Waals surface area contributed by atoms with E-state index >= 15 is 0 Å². The number of alkyl halides is 1. The molecule has 1 fully saturated rings. The first-order valence-corrected chi connectivity index (χ1v) is 7.77. The molecule has 0 spiro atoms. The Balaban J connectivity index is 2.53. The van der Waals surface area contributed by atoms with Gasteiger partial charge in [-0.1, -0.05) is 49.0 Å². The van der Waals surface area contributed by atoms with Gasteiger partial charge in [0.15, 0.2) is 0 Å². The second-order valence-corrected chi connectivity index (χ2v) is 5.48. The molecule has 0 amide bonds. The average Bonchev–Trinajstić information content (AvgIpc) is 2.30. The van der Waals surface area contributed by atoms with Crippen LogP contribution >= 0.6 is 15.9 Å². The Morgan fingerprint density at radius 3 is 2.20 bits per heavy atom. The molecule has 15 heavy (non-hydrogen) atoms. The van der Waals surface area contributed by atoms with E-state index in [1.807, 2.05) is 0 Å². The first kappa shape index (κ1) is 13.5. The SMILES string of the molecule is CCC(CC)N(CCBr)C1CCCCC1. The molecule has 0 N–H and O–H groups in total. The van der Waals surface area contributed by atoms with E-state index in [2.05, 4.69) is 34.7 Å². The molecule has 0 unspecified atom stereocenters. The minimum absolute atomic E-state index is 0.811. The van der Waals surface area contributed by atoms with Gasteiger partial charge in [0.25, 0.3) is 0 Å². The molecule has 0 atom stereocenters. The minimum Gasteiger partial charge on any atom is -0.297 e. The van der Waals surface area contributed by atoms with Crippen molar-refractivity contribution < 1.29 is 0 Å². The second kappa shape index (κ2) is 7.67. The highest BCUT2D eigenvalue weighted by Gasteiger charge is 2.24. The van der Waals surface area contributed by atoms with Gasteiger partial charge >= 0.3 is 0 Å². The van der Waals surface area contributed by atoms with Crippen LogP contribution < -0.4 is 0 Å². The van der Waals surface area contributed by atoms with Gasteiger partial charge in [0.2, 0.25) is 0 Å². The number of rotatable bonds is 6. The summed E-state index contributed by atoms with van der Waals surface area (Å²) in [6.07, 6.45) is 9.84. The van der Waals surface area contributed by atoms with Crippen LogP contribution in [0.15, 0.2) is 0 Å². The lowest BCUT2D eigenvalue weighted by Crippen LogP contribution is -2.44. The Bertz CT molecular complexity index is 151. The van der Waals surface area contributed by atoms with Gasteiger partial charge in [-0.3, -0.25) is 4.90 Å². The summed E-state index contributed by atoms with van der Waals surface area (Å²) in [5.41, 5.74) is 0. The van der Waals surface area contributed by atoms with E-state index in [4.69, 9.17) is 0 Å². The minimum atomic E-state index is 0.811. The largest absolute Gasteiger partial charge is 0.297 e. The smallest absolute Gasteiger partial charge is 0.0159 e. The summed E-state index contributed by atoms with van der Waals surface area (Å²) >= 11 is 3.60. The van der Waals surface area contributed by atoms with Gasteiger partial charge in [0, 0.05) is 24.0 Å². The number of hydrogen-bond acceptors (Lipinski definition) is 1. The highest BCUT2D eigenvalue weighted by Crippen LogP contribution is 2.25. The van der Waals surface area contributed by atoms with Crippen LogP contribution in [0.2, 0.25) is 0 Å². The number of nitrogens with zero attached hydrogens (tertiary/aromatic N) is 1. The van der Waals surface area contributed by atoms with Crippen LogP contribution in [0.1, 0.15) is 58.8 Å². The van der Waals surface area contributed by atoms with Crippen molar-refractivity contribution >= 4 is 15.9 Å². The van der Waals surface area contributed by atoms with E-state index in [0.717, 1.165) is 17.4 Å². The molecule has 1 saturated carbocycles. The third-order valence-electron chi connectivity index (χ3n) is 3.80. The summed E-state index contributed by atoms with van der Waals surface area (Å²) in [6.45, 7) is 5.90. The fourth-order valence-corrected chi connectivity index (χ4v) is 3.34. The zero-order valence-electron chi connectivity index (χ0n) is 10.3. The molecule has 0 aromatic heterocycles. The highest BCUT2D eigenvalue weighted by atomic mass is 79.9. The van der Waals surface area contributed by atoms with E-state index < -0.39 is 0 Å². The van der Waals surface area contributed by atoms with Gasteiger partial charge in [-0.05, 0) is 25.7 Å². The van der Waals surface area contributed by atoms with Crippen LogP contribution in [0.3, 0.4) is 0 Å². The quantitative estimate of drug-likeness (QED) is 0.657. The van der Waals surface area contributed by atoms with Gasteiger partial charge in [0.1, 0.15) is 0 Å². The van der Waals surface area contributed by atoms with Crippen LogP contribution in [0.25, 0.3) is 0 Å². The molecule has 1 rings (SSSR count). The molecule has 0 aromatic rings. The molecule has 2 heteroatoms. The summed E-state index contributed by atoms with van der Waals surface area (Å²) in [6, 6.07) is 1.69.